The summed E-state index contributed by atoms with van der Waals surface area (Å²) in [6.07, 6.45) is 0.660. The number of rotatable bonds is 3. The highest BCUT2D eigenvalue weighted by molar-refractivity contribution is 5.91. The van der Waals surface area contributed by atoms with Crippen molar-refractivity contribution in [3.63, 3.8) is 0 Å². The molecule has 0 bridgehead atoms. The highest BCUT2D eigenvalue weighted by Gasteiger charge is 2.16. The quantitative estimate of drug-likeness (QED) is 0.801. The molecule has 1 aromatic heterocycles. The summed E-state index contributed by atoms with van der Waals surface area (Å²) < 4.78 is 15.5. The highest BCUT2D eigenvalue weighted by Crippen LogP contribution is 2.26. The number of aromatic nitrogens is 2. The first-order valence-electron chi connectivity index (χ1n) is 7.03. The van der Waals surface area contributed by atoms with E-state index < -0.39 is 5.97 Å². The molecule has 0 aliphatic heterocycles. The van der Waals surface area contributed by atoms with E-state index >= 15 is 0 Å². The number of fused-ring (bicyclic) bond motifs is 1. The predicted molar refractivity (Wildman–Crippen MR) is 82.1 cm³/mol. The van der Waals surface area contributed by atoms with Crippen LogP contribution in [0.1, 0.15) is 28.7 Å². The second kappa shape index (κ2) is 5.26. The van der Waals surface area contributed by atoms with Crippen LogP contribution in [-0.2, 0) is 6.42 Å². The van der Waals surface area contributed by atoms with Gasteiger partial charge in [0.2, 0.25) is 0 Å². The first-order valence-corrected chi connectivity index (χ1v) is 7.03. The molecule has 3 rings (SSSR count). The average molecular weight is 298 g/mol. The minimum atomic E-state index is -0.979. The number of hydrogen-bond acceptors (Lipinski definition) is 2. The zero-order valence-corrected chi connectivity index (χ0v) is 12.3. The molecule has 0 unspecified atom stereocenters. The first kappa shape index (κ1) is 14.3. The molecule has 112 valence electrons. The van der Waals surface area contributed by atoms with Crippen LogP contribution in [0.2, 0.25) is 0 Å². The number of benzene rings is 2. The Hall–Kier alpha value is -2.69. The zero-order valence-electron chi connectivity index (χ0n) is 12.3. The molecule has 2 aromatic carbocycles. The van der Waals surface area contributed by atoms with Gasteiger partial charge in [0.15, 0.2) is 0 Å². The van der Waals surface area contributed by atoms with Crippen LogP contribution in [0.4, 0.5) is 4.39 Å². The first-order chi connectivity index (χ1) is 10.5. The van der Waals surface area contributed by atoms with Gasteiger partial charge in [-0.1, -0.05) is 13.0 Å². The number of aromatic carboxylic acids is 1. The summed E-state index contributed by atoms with van der Waals surface area (Å²) in [6, 6.07) is 9.51. The van der Waals surface area contributed by atoms with Gasteiger partial charge in [-0.2, -0.15) is 0 Å². The monoisotopic (exact) mass is 298 g/mol. The largest absolute Gasteiger partial charge is 0.478 e. The smallest absolute Gasteiger partial charge is 0.336 e. The lowest BCUT2D eigenvalue weighted by Gasteiger charge is -2.13. The maximum absolute atomic E-state index is 13.6. The van der Waals surface area contributed by atoms with E-state index in [9.17, 15) is 14.3 Å². The van der Waals surface area contributed by atoms with E-state index in [-0.39, 0.29) is 11.4 Å². The molecule has 22 heavy (non-hydrogen) atoms. The molecule has 0 aliphatic carbocycles. The molecular weight excluding hydrogens is 283 g/mol. The molecule has 4 nitrogen and oxygen atoms in total. The van der Waals surface area contributed by atoms with Gasteiger partial charge in [-0.25, -0.2) is 14.2 Å². The van der Waals surface area contributed by atoms with Crippen LogP contribution in [0.5, 0.6) is 0 Å². The van der Waals surface area contributed by atoms with Crippen molar-refractivity contribution in [2.45, 2.75) is 20.3 Å². The van der Waals surface area contributed by atoms with Crippen LogP contribution < -0.4 is 0 Å². The Bertz CT molecular complexity index is 884. The average Bonchev–Trinajstić information content (AvgIpc) is 2.84. The van der Waals surface area contributed by atoms with Gasteiger partial charge in [-0.15, -0.1) is 0 Å². The number of carboxylic acids is 1. The minimum Gasteiger partial charge on any atom is -0.478 e. The van der Waals surface area contributed by atoms with Crippen molar-refractivity contribution in [1.29, 1.82) is 0 Å². The summed E-state index contributed by atoms with van der Waals surface area (Å²) in [4.78, 5) is 15.8. The highest BCUT2D eigenvalue weighted by atomic mass is 19.1. The predicted octanol–water partition coefficient (Wildman–Crippen LogP) is 3.73. The molecule has 1 heterocycles. The third kappa shape index (κ3) is 2.15. The zero-order chi connectivity index (χ0) is 15.9. The van der Waals surface area contributed by atoms with Crippen molar-refractivity contribution in [2.75, 3.05) is 0 Å². The Morgan fingerprint density at radius 2 is 2.09 bits per heavy atom. The number of aryl methyl sites for hydroxylation is 1. The molecule has 0 aliphatic rings. The van der Waals surface area contributed by atoms with Crippen molar-refractivity contribution in [1.82, 2.24) is 9.55 Å². The fourth-order valence-electron chi connectivity index (χ4n) is 2.70. The van der Waals surface area contributed by atoms with Gasteiger partial charge < -0.3 is 5.11 Å². The second-order valence-corrected chi connectivity index (χ2v) is 5.10. The Kier molecular flexibility index (Phi) is 3.41. The minimum absolute atomic E-state index is 0.234. The fourth-order valence-corrected chi connectivity index (χ4v) is 2.70. The normalized spacial score (nSPS) is 11.0. The van der Waals surface area contributed by atoms with Crippen molar-refractivity contribution < 1.29 is 14.3 Å². The number of carbonyl (C=O) groups is 1. The number of halogens is 1. The summed E-state index contributed by atoms with van der Waals surface area (Å²) in [5.74, 6) is -0.553. The van der Waals surface area contributed by atoms with Gasteiger partial charge in [-0.05, 0) is 36.8 Å². The number of imidazole rings is 1. The number of nitrogens with zero attached hydrogens (tertiary/aromatic N) is 2. The van der Waals surface area contributed by atoms with Crippen molar-refractivity contribution >= 4 is 17.0 Å². The maximum Gasteiger partial charge on any atom is 0.336 e. The topological polar surface area (TPSA) is 55.1 Å². The lowest BCUT2D eigenvalue weighted by molar-refractivity contribution is 0.0696. The Morgan fingerprint density at radius 1 is 1.32 bits per heavy atom. The van der Waals surface area contributed by atoms with Gasteiger partial charge in [0.25, 0.3) is 0 Å². The van der Waals surface area contributed by atoms with Gasteiger partial charge in [0.1, 0.15) is 11.6 Å². The van der Waals surface area contributed by atoms with Crippen molar-refractivity contribution in [3.05, 3.63) is 59.2 Å². The van der Waals surface area contributed by atoms with Crippen molar-refractivity contribution in [2.24, 2.45) is 0 Å². The van der Waals surface area contributed by atoms with Gasteiger partial charge in [0.05, 0.1) is 22.3 Å². The fraction of sp³-hybridized carbons (Fsp3) is 0.176. The maximum atomic E-state index is 13.6. The molecule has 0 spiro atoms. The summed E-state index contributed by atoms with van der Waals surface area (Å²) in [5, 5.41) is 9.29. The summed E-state index contributed by atoms with van der Waals surface area (Å²) in [6.45, 7) is 3.72. The molecule has 0 amide bonds. The van der Waals surface area contributed by atoms with E-state index in [1.54, 1.807) is 25.1 Å². The van der Waals surface area contributed by atoms with E-state index in [0.29, 0.717) is 28.7 Å². The molecular formula is C17H15FN2O2. The number of hydrogen-bond donors (Lipinski definition) is 1. The van der Waals surface area contributed by atoms with Crippen LogP contribution >= 0.6 is 0 Å². The van der Waals surface area contributed by atoms with Crippen LogP contribution in [0.3, 0.4) is 0 Å². The third-order valence-corrected chi connectivity index (χ3v) is 3.78. The van der Waals surface area contributed by atoms with Gasteiger partial charge >= 0.3 is 5.97 Å². The van der Waals surface area contributed by atoms with E-state index in [2.05, 4.69) is 4.98 Å². The Balaban J connectivity index is 2.37. The van der Waals surface area contributed by atoms with E-state index in [4.69, 9.17) is 0 Å². The van der Waals surface area contributed by atoms with Crippen LogP contribution in [-0.4, -0.2) is 20.6 Å². The molecule has 0 fully saturated rings. The summed E-state index contributed by atoms with van der Waals surface area (Å²) in [5.41, 5.74) is 2.91. The molecule has 0 radical (unpaired) electrons. The number of carboxylic acid groups (broad SMARTS) is 1. The van der Waals surface area contributed by atoms with Crippen LogP contribution in [0.15, 0.2) is 36.4 Å². The third-order valence-electron chi connectivity index (χ3n) is 3.78. The van der Waals surface area contributed by atoms with Crippen LogP contribution in [0.25, 0.3) is 16.7 Å². The molecule has 1 N–H and O–H groups in total. The second-order valence-electron chi connectivity index (χ2n) is 5.10. The SMILES string of the molecule is CCc1nc2ccc(F)cc2n1-c1cccc(C(=O)O)c1C. The Labute approximate surface area is 126 Å². The lowest BCUT2D eigenvalue weighted by Crippen LogP contribution is -2.07. The van der Waals surface area contributed by atoms with E-state index in [1.165, 1.54) is 12.1 Å². The molecule has 5 heteroatoms. The lowest BCUT2D eigenvalue weighted by atomic mass is 10.1. The molecule has 0 saturated carbocycles. The standard InChI is InChI=1S/C17H15FN2O2/c1-3-16-19-13-8-7-11(18)9-15(13)20(16)14-6-4-5-12(10(14)2)17(21)22/h4-9H,3H2,1-2H3,(H,21,22). The van der Waals surface area contributed by atoms with Crippen LogP contribution in [0, 0.1) is 12.7 Å². The van der Waals surface area contributed by atoms with Gasteiger partial charge in [-0.3, -0.25) is 4.57 Å². The van der Waals surface area contributed by atoms with E-state index in [0.717, 1.165) is 5.82 Å². The summed E-state index contributed by atoms with van der Waals surface area (Å²) in [7, 11) is 0. The molecule has 0 saturated heterocycles. The summed E-state index contributed by atoms with van der Waals surface area (Å²) >= 11 is 0. The molecule has 3 aromatic rings. The Morgan fingerprint density at radius 3 is 2.77 bits per heavy atom. The molecule has 0 atom stereocenters. The van der Waals surface area contributed by atoms with Gasteiger partial charge in [0, 0.05) is 12.5 Å². The van der Waals surface area contributed by atoms with E-state index in [1.807, 2.05) is 17.6 Å². The van der Waals surface area contributed by atoms with Crippen molar-refractivity contribution in [3.8, 4) is 5.69 Å².